The SMILES string of the molecule is CC(Nc1nnnn1C)C(=O)N(C)C. The van der Waals surface area contributed by atoms with Crippen molar-refractivity contribution in [2.24, 2.45) is 7.05 Å². The average molecular weight is 198 g/mol. The monoisotopic (exact) mass is 198 g/mol. The second-order valence-electron chi connectivity index (χ2n) is 3.22. The summed E-state index contributed by atoms with van der Waals surface area (Å²) in [4.78, 5) is 13.0. The van der Waals surface area contributed by atoms with Crippen LogP contribution in [0.15, 0.2) is 0 Å². The highest BCUT2D eigenvalue weighted by atomic mass is 16.2. The predicted octanol–water partition coefficient (Wildman–Crippen LogP) is -0.901. The van der Waals surface area contributed by atoms with E-state index in [2.05, 4.69) is 20.8 Å². The highest BCUT2D eigenvalue weighted by Gasteiger charge is 2.16. The third-order valence-corrected chi connectivity index (χ3v) is 1.78. The molecule has 7 nitrogen and oxygen atoms in total. The fraction of sp³-hybridized carbons (Fsp3) is 0.714. The van der Waals surface area contributed by atoms with Gasteiger partial charge in [0.2, 0.25) is 11.9 Å². The van der Waals surface area contributed by atoms with Gasteiger partial charge < -0.3 is 10.2 Å². The summed E-state index contributed by atoms with van der Waals surface area (Å²) in [5.41, 5.74) is 0. The highest BCUT2D eigenvalue weighted by molar-refractivity contribution is 5.83. The van der Waals surface area contributed by atoms with E-state index in [0.29, 0.717) is 5.95 Å². The summed E-state index contributed by atoms with van der Waals surface area (Å²) in [6.07, 6.45) is 0. The van der Waals surface area contributed by atoms with Crippen LogP contribution in [0.3, 0.4) is 0 Å². The van der Waals surface area contributed by atoms with E-state index in [1.54, 1.807) is 28.1 Å². The Labute approximate surface area is 82.1 Å². The van der Waals surface area contributed by atoms with Gasteiger partial charge in [-0.2, -0.15) is 0 Å². The summed E-state index contributed by atoms with van der Waals surface area (Å²) in [6.45, 7) is 1.76. The second-order valence-corrected chi connectivity index (χ2v) is 3.22. The molecule has 0 radical (unpaired) electrons. The number of aryl methyl sites for hydroxylation is 1. The lowest BCUT2D eigenvalue weighted by Crippen LogP contribution is -2.37. The number of amides is 1. The minimum Gasteiger partial charge on any atom is -0.347 e. The number of nitrogens with zero attached hydrogens (tertiary/aromatic N) is 5. The van der Waals surface area contributed by atoms with E-state index in [9.17, 15) is 4.79 Å². The number of anilines is 1. The number of hydrogen-bond donors (Lipinski definition) is 1. The molecule has 0 fully saturated rings. The van der Waals surface area contributed by atoms with Gasteiger partial charge in [0.05, 0.1) is 0 Å². The standard InChI is InChI=1S/C7H14N6O/c1-5(6(14)12(2)3)8-7-9-10-11-13(7)4/h5H,1-4H3,(H,8,9,11). The molecule has 78 valence electrons. The molecule has 1 aromatic rings. The van der Waals surface area contributed by atoms with Crippen LogP contribution in [0.25, 0.3) is 0 Å². The Balaban J connectivity index is 2.62. The first kappa shape index (κ1) is 10.4. The normalized spacial score (nSPS) is 12.3. The molecule has 1 rings (SSSR count). The summed E-state index contributed by atoms with van der Waals surface area (Å²) in [6, 6.07) is -0.338. The van der Waals surface area contributed by atoms with Gasteiger partial charge in [0, 0.05) is 21.1 Å². The van der Waals surface area contributed by atoms with Crippen molar-refractivity contribution in [2.75, 3.05) is 19.4 Å². The molecule has 0 bridgehead atoms. The zero-order valence-electron chi connectivity index (χ0n) is 8.72. The van der Waals surface area contributed by atoms with Gasteiger partial charge in [0.1, 0.15) is 6.04 Å². The average Bonchev–Trinajstić information content (AvgIpc) is 2.50. The van der Waals surface area contributed by atoms with Gasteiger partial charge in [0.15, 0.2) is 0 Å². The Morgan fingerprint density at radius 1 is 1.57 bits per heavy atom. The molecule has 1 amide bonds. The van der Waals surface area contributed by atoms with Gasteiger partial charge in [0.25, 0.3) is 0 Å². The topological polar surface area (TPSA) is 75.9 Å². The number of aromatic nitrogens is 4. The lowest BCUT2D eigenvalue weighted by Gasteiger charge is -2.17. The number of hydrogen-bond acceptors (Lipinski definition) is 5. The summed E-state index contributed by atoms with van der Waals surface area (Å²) < 4.78 is 1.47. The largest absolute Gasteiger partial charge is 0.347 e. The lowest BCUT2D eigenvalue weighted by atomic mass is 10.3. The smallest absolute Gasteiger partial charge is 0.244 e. The van der Waals surface area contributed by atoms with Crippen LogP contribution in [0, 0.1) is 0 Å². The summed E-state index contributed by atoms with van der Waals surface area (Å²) in [7, 11) is 5.11. The molecule has 0 aromatic carbocycles. The van der Waals surface area contributed by atoms with Crippen molar-refractivity contribution in [2.45, 2.75) is 13.0 Å². The van der Waals surface area contributed by atoms with Gasteiger partial charge in [-0.1, -0.05) is 5.10 Å². The van der Waals surface area contributed by atoms with Crippen molar-refractivity contribution in [3.63, 3.8) is 0 Å². The van der Waals surface area contributed by atoms with Crippen molar-refractivity contribution in [1.29, 1.82) is 0 Å². The minimum absolute atomic E-state index is 0.0204. The molecule has 0 saturated carbocycles. The van der Waals surface area contributed by atoms with Gasteiger partial charge in [-0.3, -0.25) is 4.79 Å². The van der Waals surface area contributed by atoms with Crippen LogP contribution in [0.2, 0.25) is 0 Å². The maximum atomic E-state index is 11.5. The van der Waals surface area contributed by atoms with Gasteiger partial charge in [-0.25, -0.2) is 4.68 Å². The number of carbonyl (C=O) groups excluding carboxylic acids is 1. The summed E-state index contributed by atoms with van der Waals surface area (Å²) in [5, 5.41) is 13.7. The second kappa shape index (κ2) is 4.03. The first-order valence-corrected chi connectivity index (χ1v) is 4.22. The van der Waals surface area contributed by atoms with Crippen LogP contribution < -0.4 is 5.32 Å². The molecule has 1 atom stereocenters. The first-order valence-electron chi connectivity index (χ1n) is 4.22. The maximum absolute atomic E-state index is 11.5. The lowest BCUT2D eigenvalue weighted by molar-refractivity contribution is -0.129. The van der Waals surface area contributed by atoms with Crippen LogP contribution in [0.4, 0.5) is 5.95 Å². The van der Waals surface area contributed by atoms with Crippen LogP contribution in [0.1, 0.15) is 6.92 Å². The highest BCUT2D eigenvalue weighted by Crippen LogP contribution is 2.00. The van der Waals surface area contributed by atoms with E-state index >= 15 is 0 Å². The Kier molecular flexibility index (Phi) is 3.00. The number of rotatable bonds is 3. The Hall–Kier alpha value is -1.66. The van der Waals surface area contributed by atoms with Crippen molar-refractivity contribution in [3.05, 3.63) is 0 Å². The van der Waals surface area contributed by atoms with E-state index in [-0.39, 0.29) is 11.9 Å². The minimum atomic E-state index is -0.338. The van der Waals surface area contributed by atoms with Crippen LogP contribution in [-0.2, 0) is 11.8 Å². The molecular formula is C7H14N6O. The van der Waals surface area contributed by atoms with Crippen LogP contribution >= 0.6 is 0 Å². The molecule has 0 saturated heterocycles. The third kappa shape index (κ3) is 2.18. The molecule has 0 aliphatic rings. The fourth-order valence-corrected chi connectivity index (χ4v) is 0.994. The molecule has 1 heterocycles. The van der Waals surface area contributed by atoms with Crippen molar-refractivity contribution >= 4 is 11.9 Å². The maximum Gasteiger partial charge on any atom is 0.244 e. The molecule has 0 aliphatic heterocycles. The number of carbonyl (C=O) groups is 1. The van der Waals surface area contributed by atoms with E-state index in [4.69, 9.17) is 0 Å². The van der Waals surface area contributed by atoms with Gasteiger partial charge in [-0.15, -0.1) is 0 Å². The Morgan fingerprint density at radius 3 is 2.64 bits per heavy atom. The number of likely N-dealkylation sites (N-methyl/N-ethyl adjacent to an activating group) is 1. The van der Waals surface area contributed by atoms with Gasteiger partial charge >= 0.3 is 0 Å². The van der Waals surface area contributed by atoms with Crippen molar-refractivity contribution in [1.82, 2.24) is 25.1 Å². The molecule has 1 unspecified atom stereocenters. The molecule has 0 aliphatic carbocycles. The molecule has 0 spiro atoms. The molecule has 7 heteroatoms. The van der Waals surface area contributed by atoms with Crippen LogP contribution in [0.5, 0.6) is 0 Å². The van der Waals surface area contributed by atoms with Crippen molar-refractivity contribution in [3.8, 4) is 0 Å². The van der Waals surface area contributed by atoms with Gasteiger partial charge in [-0.05, 0) is 17.4 Å². The number of nitrogens with one attached hydrogen (secondary N) is 1. The Bertz CT molecular complexity index is 320. The zero-order chi connectivity index (χ0) is 10.7. The first-order chi connectivity index (χ1) is 6.52. The molecule has 14 heavy (non-hydrogen) atoms. The molecule has 1 N–H and O–H groups in total. The summed E-state index contributed by atoms with van der Waals surface area (Å²) >= 11 is 0. The van der Waals surface area contributed by atoms with Crippen LogP contribution in [-0.4, -0.2) is 51.2 Å². The Morgan fingerprint density at radius 2 is 2.21 bits per heavy atom. The quantitative estimate of drug-likeness (QED) is 0.681. The molecule has 1 aromatic heterocycles. The van der Waals surface area contributed by atoms with E-state index < -0.39 is 0 Å². The van der Waals surface area contributed by atoms with E-state index in [0.717, 1.165) is 0 Å². The zero-order valence-corrected chi connectivity index (χ0v) is 8.72. The summed E-state index contributed by atoms with van der Waals surface area (Å²) in [5.74, 6) is 0.459. The predicted molar refractivity (Wildman–Crippen MR) is 50.6 cm³/mol. The molecular weight excluding hydrogens is 184 g/mol. The fourth-order valence-electron chi connectivity index (χ4n) is 0.994. The number of tetrazole rings is 1. The van der Waals surface area contributed by atoms with Crippen molar-refractivity contribution < 1.29 is 4.79 Å². The van der Waals surface area contributed by atoms with E-state index in [1.165, 1.54) is 9.58 Å². The van der Waals surface area contributed by atoms with E-state index in [1.807, 2.05) is 0 Å². The third-order valence-electron chi connectivity index (χ3n) is 1.78.